The Balaban J connectivity index is 1.99. The van der Waals surface area contributed by atoms with Gasteiger partial charge in [0, 0.05) is 12.2 Å². The number of aryl methyl sites for hydroxylation is 1. The first-order chi connectivity index (χ1) is 9.60. The van der Waals surface area contributed by atoms with Crippen LogP contribution in [0.5, 0.6) is 0 Å². The average molecular weight is 272 g/mol. The predicted molar refractivity (Wildman–Crippen MR) is 71.1 cm³/mol. The number of aliphatic carboxylic acids is 1. The number of fused-ring (bicyclic) bond motifs is 1. The van der Waals surface area contributed by atoms with Gasteiger partial charge >= 0.3 is 5.97 Å². The molecule has 2 fully saturated rings. The zero-order valence-corrected chi connectivity index (χ0v) is 11.3. The molecule has 1 aromatic heterocycles. The van der Waals surface area contributed by atoms with Crippen LogP contribution >= 0.6 is 0 Å². The van der Waals surface area contributed by atoms with Gasteiger partial charge < -0.3 is 10.0 Å². The molecule has 0 bridgehead atoms. The van der Waals surface area contributed by atoms with Crippen LogP contribution < -0.4 is 4.90 Å². The molecule has 6 heteroatoms. The smallest absolute Gasteiger partial charge is 0.326 e. The second-order valence-corrected chi connectivity index (χ2v) is 5.60. The van der Waals surface area contributed by atoms with E-state index < -0.39 is 12.0 Å². The standard InChI is InChI=1S/C14H16N4O2/c1-8-5-10(6-15)17-14(16-8)18-7-9-3-2-4-11(9)12(18)13(19)20/h5,9,11-12H,2-4,7H2,1H3,(H,19,20). The van der Waals surface area contributed by atoms with Crippen molar-refractivity contribution >= 4 is 11.9 Å². The van der Waals surface area contributed by atoms with Gasteiger partial charge in [-0.3, -0.25) is 0 Å². The molecular weight excluding hydrogens is 256 g/mol. The van der Waals surface area contributed by atoms with Crippen molar-refractivity contribution in [3.8, 4) is 6.07 Å². The third-order valence-corrected chi connectivity index (χ3v) is 4.36. The molecule has 0 radical (unpaired) electrons. The van der Waals surface area contributed by atoms with Crippen LogP contribution in [0.3, 0.4) is 0 Å². The Bertz CT molecular complexity index is 595. The van der Waals surface area contributed by atoms with Gasteiger partial charge in [-0.1, -0.05) is 6.42 Å². The van der Waals surface area contributed by atoms with E-state index in [9.17, 15) is 9.90 Å². The molecule has 0 spiro atoms. The topological polar surface area (TPSA) is 90.1 Å². The van der Waals surface area contributed by atoms with Gasteiger partial charge in [0.05, 0.1) is 0 Å². The molecule has 1 saturated heterocycles. The van der Waals surface area contributed by atoms with E-state index in [4.69, 9.17) is 5.26 Å². The van der Waals surface area contributed by atoms with E-state index in [1.54, 1.807) is 17.9 Å². The highest BCUT2D eigenvalue weighted by molar-refractivity contribution is 5.79. The maximum atomic E-state index is 11.6. The van der Waals surface area contributed by atoms with Crippen molar-refractivity contribution in [2.75, 3.05) is 11.4 Å². The van der Waals surface area contributed by atoms with Crippen LogP contribution in [-0.4, -0.2) is 33.6 Å². The quantitative estimate of drug-likeness (QED) is 0.873. The number of carboxylic acids is 1. The lowest BCUT2D eigenvalue weighted by Gasteiger charge is -2.24. The summed E-state index contributed by atoms with van der Waals surface area (Å²) in [7, 11) is 0. The van der Waals surface area contributed by atoms with E-state index in [0.717, 1.165) is 19.3 Å². The van der Waals surface area contributed by atoms with Crippen molar-refractivity contribution < 1.29 is 9.90 Å². The Kier molecular flexibility index (Phi) is 3.05. The second kappa shape index (κ2) is 4.75. The second-order valence-electron chi connectivity index (χ2n) is 5.60. The van der Waals surface area contributed by atoms with Crippen LogP contribution in [0.4, 0.5) is 5.95 Å². The fraction of sp³-hybridized carbons (Fsp3) is 0.571. The summed E-state index contributed by atoms with van der Waals surface area (Å²) >= 11 is 0. The molecule has 3 unspecified atom stereocenters. The summed E-state index contributed by atoms with van der Waals surface area (Å²) in [5.41, 5.74) is 0.974. The predicted octanol–water partition coefficient (Wildman–Crippen LogP) is 1.35. The molecule has 1 aliphatic carbocycles. The largest absolute Gasteiger partial charge is 0.480 e. The molecule has 0 aromatic carbocycles. The van der Waals surface area contributed by atoms with Gasteiger partial charge in [-0.05, 0) is 37.7 Å². The maximum absolute atomic E-state index is 11.6. The maximum Gasteiger partial charge on any atom is 0.326 e. The lowest BCUT2D eigenvalue weighted by atomic mass is 9.94. The first kappa shape index (κ1) is 12.9. The van der Waals surface area contributed by atoms with Crippen molar-refractivity contribution in [1.29, 1.82) is 5.26 Å². The minimum atomic E-state index is -0.817. The minimum Gasteiger partial charge on any atom is -0.480 e. The Hall–Kier alpha value is -2.16. The SMILES string of the molecule is Cc1cc(C#N)nc(N2CC3CCCC3C2C(=O)O)n1. The van der Waals surface area contributed by atoms with Gasteiger partial charge in [-0.25, -0.2) is 14.8 Å². The van der Waals surface area contributed by atoms with Gasteiger partial charge in [0.25, 0.3) is 0 Å². The molecule has 3 atom stereocenters. The van der Waals surface area contributed by atoms with Gasteiger partial charge in [0.15, 0.2) is 0 Å². The monoisotopic (exact) mass is 272 g/mol. The summed E-state index contributed by atoms with van der Waals surface area (Å²) in [5, 5.41) is 18.5. The number of hydrogen-bond donors (Lipinski definition) is 1. The summed E-state index contributed by atoms with van der Waals surface area (Å²) < 4.78 is 0. The summed E-state index contributed by atoms with van der Waals surface area (Å²) in [6.07, 6.45) is 3.13. The van der Waals surface area contributed by atoms with Crippen LogP contribution in [0.15, 0.2) is 6.07 Å². The highest BCUT2D eigenvalue weighted by Crippen LogP contribution is 2.43. The van der Waals surface area contributed by atoms with Crippen LogP contribution in [0.1, 0.15) is 30.7 Å². The molecule has 0 amide bonds. The molecule has 2 heterocycles. The summed E-state index contributed by atoms with van der Waals surface area (Å²) in [6, 6.07) is 3.05. The number of carboxylic acid groups (broad SMARTS) is 1. The highest BCUT2D eigenvalue weighted by atomic mass is 16.4. The molecule has 20 heavy (non-hydrogen) atoms. The van der Waals surface area contributed by atoms with Gasteiger partial charge in [-0.15, -0.1) is 0 Å². The highest BCUT2D eigenvalue weighted by Gasteiger charge is 2.48. The van der Waals surface area contributed by atoms with E-state index in [1.165, 1.54) is 0 Å². The number of hydrogen-bond acceptors (Lipinski definition) is 5. The molecule has 2 aliphatic rings. The number of aromatic nitrogens is 2. The van der Waals surface area contributed by atoms with E-state index in [2.05, 4.69) is 9.97 Å². The zero-order chi connectivity index (χ0) is 14.3. The normalized spacial score (nSPS) is 28.2. The van der Waals surface area contributed by atoms with Gasteiger partial charge in [0.1, 0.15) is 17.8 Å². The zero-order valence-electron chi connectivity index (χ0n) is 11.3. The molecular formula is C14H16N4O2. The number of nitriles is 1. The van der Waals surface area contributed by atoms with Crippen LogP contribution in [-0.2, 0) is 4.79 Å². The fourth-order valence-electron chi connectivity index (χ4n) is 3.57. The van der Waals surface area contributed by atoms with Gasteiger partial charge in [0.2, 0.25) is 5.95 Å². The first-order valence-corrected chi connectivity index (χ1v) is 6.85. The Morgan fingerprint density at radius 2 is 2.30 bits per heavy atom. The fourth-order valence-corrected chi connectivity index (χ4v) is 3.57. The van der Waals surface area contributed by atoms with Crippen LogP contribution in [0.25, 0.3) is 0 Å². The van der Waals surface area contributed by atoms with Crippen molar-refractivity contribution in [3.63, 3.8) is 0 Å². The molecule has 1 aliphatic heterocycles. The minimum absolute atomic E-state index is 0.183. The van der Waals surface area contributed by atoms with E-state index in [1.807, 2.05) is 6.07 Å². The summed E-state index contributed by atoms with van der Waals surface area (Å²) in [5.74, 6) is 0.152. The Labute approximate surface area is 117 Å². The number of nitrogens with zero attached hydrogens (tertiary/aromatic N) is 4. The van der Waals surface area contributed by atoms with E-state index in [0.29, 0.717) is 24.1 Å². The molecule has 1 aromatic rings. The summed E-state index contributed by atoms with van der Waals surface area (Å²) in [6.45, 7) is 2.47. The number of rotatable bonds is 2. The number of carbonyl (C=O) groups is 1. The van der Waals surface area contributed by atoms with Crippen LogP contribution in [0, 0.1) is 30.1 Å². The van der Waals surface area contributed by atoms with E-state index in [-0.39, 0.29) is 11.6 Å². The molecule has 3 rings (SSSR count). The molecule has 1 N–H and O–H groups in total. The lowest BCUT2D eigenvalue weighted by molar-refractivity contribution is -0.139. The van der Waals surface area contributed by atoms with E-state index >= 15 is 0 Å². The number of anilines is 1. The third-order valence-electron chi connectivity index (χ3n) is 4.36. The van der Waals surface area contributed by atoms with Crippen molar-refractivity contribution in [2.45, 2.75) is 32.2 Å². The Morgan fingerprint density at radius 3 is 3.00 bits per heavy atom. The molecule has 104 valence electrons. The van der Waals surface area contributed by atoms with Gasteiger partial charge in [-0.2, -0.15) is 5.26 Å². The van der Waals surface area contributed by atoms with Crippen molar-refractivity contribution in [2.24, 2.45) is 11.8 Å². The first-order valence-electron chi connectivity index (χ1n) is 6.85. The van der Waals surface area contributed by atoms with Crippen LogP contribution in [0.2, 0.25) is 0 Å². The molecule has 6 nitrogen and oxygen atoms in total. The average Bonchev–Trinajstić information content (AvgIpc) is 2.96. The van der Waals surface area contributed by atoms with Crippen molar-refractivity contribution in [3.05, 3.63) is 17.5 Å². The summed E-state index contributed by atoms with van der Waals surface area (Å²) in [4.78, 5) is 21.9. The lowest BCUT2D eigenvalue weighted by Crippen LogP contribution is -2.40. The third kappa shape index (κ3) is 1.99. The van der Waals surface area contributed by atoms with Crippen molar-refractivity contribution in [1.82, 2.24) is 9.97 Å². The Morgan fingerprint density at radius 1 is 1.50 bits per heavy atom. The molecule has 1 saturated carbocycles.